The number of sulfonamides is 1. The second-order valence-corrected chi connectivity index (χ2v) is 6.26. The van der Waals surface area contributed by atoms with E-state index in [1.807, 2.05) is 24.3 Å². The molecule has 0 spiro atoms. The van der Waals surface area contributed by atoms with Crippen molar-refractivity contribution in [2.75, 3.05) is 12.8 Å². The minimum atomic E-state index is -3.26. The Morgan fingerprint density at radius 2 is 1.94 bits per heavy atom. The maximum Gasteiger partial charge on any atom is 0.212 e. The third-order valence-electron chi connectivity index (χ3n) is 2.01. The highest BCUT2D eigenvalue weighted by atomic mass is 79.9. The summed E-state index contributed by atoms with van der Waals surface area (Å²) >= 11 is 3.32. The third-order valence-corrected chi connectivity index (χ3v) is 3.73. The maximum absolute atomic E-state index is 11.4. The molecule has 0 fully saturated rings. The van der Waals surface area contributed by atoms with Gasteiger partial charge in [-0.2, -0.15) is 4.31 Å². The summed E-state index contributed by atoms with van der Waals surface area (Å²) in [5, 5.41) is 0. The predicted molar refractivity (Wildman–Crippen MR) is 68.2 cm³/mol. The van der Waals surface area contributed by atoms with Gasteiger partial charge in [0.25, 0.3) is 0 Å². The monoisotopic (exact) mass is 301 g/mol. The lowest BCUT2D eigenvalue weighted by molar-refractivity contribution is 0.447. The lowest BCUT2D eigenvalue weighted by Crippen LogP contribution is -2.29. The Bertz CT molecular complexity index is 488. The van der Waals surface area contributed by atoms with E-state index in [2.05, 4.69) is 21.9 Å². The van der Waals surface area contributed by atoms with Crippen molar-refractivity contribution in [3.63, 3.8) is 0 Å². The first-order valence-electron chi connectivity index (χ1n) is 4.56. The van der Waals surface area contributed by atoms with Crippen LogP contribution >= 0.6 is 15.9 Å². The Hall–Kier alpha value is -0.830. The molecule has 0 amide bonds. The van der Waals surface area contributed by atoms with E-state index >= 15 is 0 Å². The molecule has 0 unspecified atom stereocenters. The van der Waals surface area contributed by atoms with Gasteiger partial charge in [0.2, 0.25) is 10.0 Å². The zero-order chi connectivity index (χ0) is 12.2. The molecule has 0 saturated heterocycles. The number of nitrogens with zero attached hydrogens (tertiary/aromatic N) is 1. The lowest BCUT2D eigenvalue weighted by Gasteiger charge is -2.17. The summed E-state index contributed by atoms with van der Waals surface area (Å²) in [7, 11) is -3.26. The Labute approximate surface area is 105 Å². The molecule has 86 valence electrons. The Morgan fingerprint density at radius 3 is 2.38 bits per heavy atom. The molecule has 16 heavy (non-hydrogen) atoms. The van der Waals surface area contributed by atoms with E-state index in [9.17, 15) is 8.42 Å². The average Bonchev–Trinajstić information content (AvgIpc) is 2.19. The van der Waals surface area contributed by atoms with Gasteiger partial charge in [-0.25, -0.2) is 8.42 Å². The standard InChI is InChI=1S/C11H12BrNO2S/c1-3-8-13(16(2,14)15)9-10-4-6-11(12)7-5-10/h1,4-7H,8-9H2,2H3. The molecule has 5 heteroatoms. The van der Waals surface area contributed by atoms with Gasteiger partial charge >= 0.3 is 0 Å². The minimum absolute atomic E-state index is 0.0922. The summed E-state index contributed by atoms with van der Waals surface area (Å²) in [6.45, 7) is 0.394. The molecule has 0 heterocycles. The summed E-state index contributed by atoms with van der Waals surface area (Å²) in [5.41, 5.74) is 0.906. The molecule has 1 aromatic carbocycles. The summed E-state index contributed by atoms with van der Waals surface area (Å²) in [6.07, 6.45) is 6.30. The molecule has 0 bridgehead atoms. The van der Waals surface area contributed by atoms with Crippen LogP contribution in [0.1, 0.15) is 5.56 Å². The van der Waals surface area contributed by atoms with E-state index in [-0.39, 0.29) is 6.54 Å². The van der Waals surface area contributed by atoms with Crippen LogP contribution in [-0.4, -0.2) is 25.5 Å². The molecule has 1 rings (SSSR count). The van der Waals surface area contributed by atoms with Crippen molar-refractivity contribution in [2.45, 2.75) is 6.54 Å². The van der Waals surface area contributed by atoms with Gasteiger partial charge in [-0.15, -0.1) is 6.42 Å². The highest BCUT2D eigenvalue weighted by molar-refractivity contribution is 9.10. The van der Waals surface area contributed by atoms with E-state index in [1.165, 1.54) is 4.31 Å². The summed E-state index contributed by atoms with van der Waals surface area (Å²) in [5.74, 6) is 2.34. The quantitative estimate of drug-likeness (QED) is 0.796. The molecule has 0 saturated carbocycles. The number of halogens is 1. The van der Waals surface area contributed by atoms with Crippen LogP contribution in [0.2, 0.25) is 0 Å². The van der Waals surface area contributed by atoms with Crippen molar-refractivity contribution in [3.8, 4) is 12.3 Å². The van der Waals surface area contributed by atoms with Gasteiger partial charge in [-0.3, -0.25) is 0 Å². The SMILES string of the molecule is C#CCN(Cc1ccc(Br)cc1)S(C)(=O)=O. The van der Waals surface area contributed by atoms with Crippen LogP contribution in [-0.2, 0) is 16.6 Å². The van der Waals surface area contributed by atoms with Gasteiger partial charge < -0.3 is 0 Å². The highest BCUT2D eigenvalue weighted by Crippen LogP contribution is 2.13. The van der Waals surface area contributed by atoms with Gasteiger partial charge in [0, 0.05) is 11.0 Å². The topological polar surface area (TPSA) is 37.4 Å². The van der Waals surface area contributed by atoms with Gasteiger partial charge in [0.05, 0.1) is 12.8 Å². The molecule has 0 aliphatic carbocycles. The molecule has 0 atom stereocenters. The molecule has 0 aliphatic rings. The summed E-state index contributed by atoms with van der Waals surface area (Å²) in [6, 6.07) is 7.45. The largest absolute Gasteiger partial charge is 0.212 e. The van der Waals surface area contributed by atoms with Gasteiger partial charge in [-0.05, 0) is 17.7 Å². The van der Waals surface area contributed by atoms with E-state index < -0.39 is 10.0 Å². The first kappa shape index (κ1) is 13.2. The first-order chi connectivity index (χ1) is 7.43. The van der Waals surface area contributed by atoms with Crippen LogP contribution in [0.5, 0.6) is 0 Å². The van der Waals surface area contributed by atoms with E-state index in [0.717, 1.165) is 16.3 Å². The van der Waals surface area contributed by atoms with Crippen LogP contribution in [0.15, 0.2) is 28.7 Å². The highest BCUT2D eigenvalue weighted by Gasteiger charge is 2.15. The molecule has 0 radical (unpaired) electrons. The molecule has 1 aromatic rings. The zero-order valence-electron chi connectivity index (χ0n) is 8.85. The summed E-state index contributed by atoms with van der Waals surface area (Å²) in [4.78, 5) is 0. The third kappa shape index (κ3) is 3.97. The fraction of sp³-hybridized carbons (Fsp3) is 0.273. The van der Waals surface area contributed by atoms with Crippen molar-refractivity contribution < 1.29 is 8.42 Å². The van der Waals surface area contributed by atoms with E-state index in [4.69, 9.17) is 6.42 Å². The second-order valence-electron chi connectivity index (χ2n) is 3.36. The average molecular weight is 302 g/mol. The van der Waals surface area contributed by atoms with E-state index in [0.29, 0.717) is 6.54 Å². The van der Waals surface area contributed by atoms with Gasteiger partial charge in [0.15, 0.2) is 0 Å². The normalized spacial score (nSPS) is 11.4. The first-order valence-corrected chi connectivity index (χ1v) is 7.20. The van der Waals surface area contributed by atoms with Gasteiger partial charge in [-0.1, -0.05) is 34.0 Å². The maximum atomic E-state index is 11.4. The zero-order valence-corrected chi connectivity index (χ0v) is 11.3. The number of hydrogen-bond donors (Lipinski definition) is 0. The smallest absolute Gasteiger partial charge is 0.212 e. The van der Waals surface area contributed by atoms with Crippen molar-refractivity contribution >= 4 is 26.0 Å². The Morgan fingerprint density at radius 1 is 1.38 bits per heavy atom. The number of benzene rings is 1. The number of terminal acetylenes is 1. The predicted octanol–water partition coefficient (Wildman–Crippen LogP) is 1.84. The fourth-order valence-electron chi connectivity index (χ4n) is 1.19. The van der Waals surface area contributed by atoms with Crippen molar-refractivity contribution in [3.05, 3.63) is 34.3 Å². The summed E-state index contributed by atoms with van der Waals surface area (Å²) < 4.78 is 25.0. The molecular weight excluding hydrogens is 290 g/mol. The van der Waals surface area contributed by atoms with Gasteiger partial charge in [0.1, 0.15) is 0 Å². The fourth-order valence-corrected chi connectivity index (χ4v) is 2.14. The van der Waals surface area contributed by atoms with Crippen LogP contribution in [0, 0.1) is 12.3 Å². The number of rotatable bonds is 4. The van der Waals surface area contributed by atoms with Crippen LogP contribution in [0.3, 0.4) is 0 Å². The van der Waals surface area contributed by atoms with Crippen LogP contribution in [0.25, 0.3) is 0 Å². The number of hydrogen-bond acceptors (Lipinski definition) is 2. The second kappa shape index (κ2) is 5.48. The van der Waals surface area contributed by atoms with Crippen LogP contribution in [0.4, 0.5) is 0 Å². The van der Waals surface area contributed by atoms with E-state index in [1.54, 1.807) is 0 Å². The lowest BCUT2D eigenvalue weighted by atomic mass is 10.2. The molecular formula is C11H12BrNO2S. The molecule has 0 aliphatic heterocycles. The van der Waals surface area contributed by atoms with Crippen molar-refractivity contribution in [1.82, 2.24) is 4.31 Å². The van der Waals surface area contributed by atoms with Crippen LogP contribution < -0.4 is 0 Å². The Kier molecular flexibility index (Phi) is 4.54. The molecule has 0 N–H and O–H groups in total. The molecule has 3 nitrogen and oxygen atoms in total. The molecule has 0 aromatic heterocycles. The minimum Gasteiger partial charge on any atom is -0.212 e. The van der Waals surface area contributed by atoms with Crippen molar-refractivity contribution in [2.24, 2.45) is 0 Å². The van der Waals surface area contributed by atoms with Crippen molar-refractivity contribution in [1.29, 1.82) is 0 Å². The Balaban J connectivity index is 2.85.